The van der Waals surface area contributed by atoms with Gasteiger partial charge in [0.2, 0.25) is 0 Å². The number of hydrogen-bond acceptors (Lipinski definition) is 2. The molecule has 86 valence electrons. The van der Waals surface area contributed by atoms with Crippen molar-refractivity contribution in [3.05, 3.63) is 59.4 Å². The zero-order valence-corrected chi connectivity index (χ0v) is 10.1. The molecule has 0 fully saturated rings. The van der Waals surface area contributed by atoms with Crippen LogP contribution in [-0.4, -0.2) is 11.5 Å². The van der Waals surface area contributed by atoms with Crippen molar-refractivity contribution in [3.63, 3.8) is 0 Å². The molecule has 0 unspecified atom stereocenters. The third kappa shape index (κ3) is 1.91. The van der Waals surface area contributed by atoms with E-state index in [4.69, 9.17) is 0 Å². The molecule has 0 aliphatic carbocycles. The van der Waals surface area contributed by atoms with Gasteiger partial charge in [-0.2, -0.15) is 0 Å². The van der Waals surface area contributed by atoms with Crippen LogP contribution in [0.3, 0.4) is 0 Å². The first-order valence-corrected chi connectivity index (χ1v) is 6.08. The molecule has 2 heterocycles. The standard InChI is InChI=1S/C15H16N2/c1-12-14(6-4-9-16-12)11-17-10-8-13-5-2-3-7-15(13)17/h2-7,9H,8,10-11H2,1H3. The Bertz CT molecular complexity index is 534. The molecule has 2 heteroatoms. The predicted octanol–water partition coefficient (Wildman–Crippen LogP) is 2.95. The van der Waals surface area contributed by atoms with Crippen molar-refractivity contribution < 1.29 is 0 Å². The SMILES string of the molecule is Cc1ncccc1CN1CCc2ccccc21. The van der Waals surface area contributed by atoms with Gasteiger partial charge < -0.3 is 4.90 Å². The average molecular weight is 224 g/mol. The van der Waals surface area contributed by atoms with Crippen LogP contribution < -0.4 is 4.90 Å². The first-order chi connectivity index (χ1) is 8.34. The summed E-state index contributed by atoms with van der Waals surface area (Å²) in [5.74, 6) is 0. The monoisotopic (exact) mass is 224 g/mol. The highest BCUT2D eigenvalue weighted by Gasteiger charge is 2.18. The van der Waals surface area contributed by atoms with Gasteiger partial charge in [0.05, 0.1) is 0 Å². The number of pyridine rings is 1. The van der Waals surface area contributed by atoms with Crippen LogP contribution in [0.15, 0.2) is 42.6 Å². The minimum atomic E-state index is 0.969. The molecular formula is C15H16N2. The quantitative estimate of drug-likeness (QED) is 0.779. The molecule has 0 saturated carbocycles. The van der Waals surface area contributed by atoms with Gasteiger partial charge in [0.1, 0.15) is 0 Å². The van der Waals surface area contributed by atoms with Crippen molar-refractivity contribution >= 4 is 5.69 Å². The number of benzene rings is 1. The Labute approximate surface area is 102 Å². The van der Waals surface area contributed by atoms with Crippen LogP contribution in [0.5, 0.6) is 0 Å². The zero-order chi connectivity index (χ0) is 11.7. The molecular weight excluding hydrogens is 208 g/mol. The maximum absolute atomic E-state index is 4.35. The van der Waals surface area contributed by atoms with E-state index < -0.39 is 0 Å². The Morgan fingerprint density at radius 1 is 1.18 bits per heavy atom. The summed E-state index contributed by atoms with van der Waals surface area (Å²) in [5.41, 5.74) is 5.31. The number of aryl methyl sites for hydroxylation is 1. The molecule has 1 aliphatic heterocycles. The van der Waals surface area contributed by atoms with Gasteiger partial charge in [-0.05, 0) is 36.6 Å². The van der Waals surface area contributed by atoms with Gasteiger partial charge in [0.15, 0.2) is 0 Å². The van der Waals surface area contributed by atoms with Crippen molar-refractivity contribution in [3.8, 4) is 0 Å². The molecule has 2 aromatic rings. The van der Waals surface area contributed by atoms with Gasteiger partial charge in [0, 0.05) is 30.7 Å². The van der Waals surface area contributed by atoms with Crippen LogP contribution in [0.25, 0.3) is 0 Å². The lowest BCUT2D eigenvalue weighted by molar-refractivity contribution is 0.825. The van der Waals surface area contributed by atoms with E-state index in [0.717, 1.165) is 25.2 Å². The summed E-state index contributed by atoms with van der Waals surface area (Å²) >= 11 is 0. The third-order valence-corrected chi connectivity index (χ3v) is 3.46. The molecule has 1 aliphatic rings. The fourth-order valence-electron chi connectivity index (χ4n) is 2.46. The van der Waals surface area contributed by atoms with Crippen LogP contribution in [0.4, 0.5) is 5.69 Å². The van der Waals surface area contributed by atoms with E-state index in [2.05, 4.69) is 47.1 Å². The number of nitrogens with zero attached hydrogens (tertiary/aromatic N) is 2. The normalized spacial score (nSPS) is 13.8. The highest BCUT2D eigenvalue weighted by atomic mass is 15.1. The number of aromatic nitrogens is 1. The molecule has 0 bridgehead atoms. The topological polar surface area (TPSA) is 16.1 Å². The number of anilines is 1. The predicted molar refractivity (Wildman–Crippen MR) is 70.2 cm³/mol. The lowest BCUT2D eigenvalue weighted by Gasteiger charge is -2.20. The first-order valence-electron chi connectivity index (χ1n) is 6.08. The summed E-state index contributed by atoms with van der Waals surface area (Å²) < 4.78 is 0. The average Bonchev–Trinajstić information content (AvgIpc) is 2.76. The van der Waals surface area contributed by atoms with Crippen molar-refractivity contribution in [2.75, 3.05) is 11.4 Å². The lowest BCUT2D eigenvalue weighted by atomic mass is 10.1. The number of para-hydroxylation sites is 1. The summed E-state index contributed by atoms with van der Waals surface area (Å²) in [5, 5.41) is 0. The Morgan fingerprint density at radius 2 is 2.06 bits per heavy atom. The molecule has 0 spiro atoms. The molecule has 0 saturated heterocycles. The second-order valence-electron chi connectivity index (χ2n) is 4.55. The van der Waals surface area contributed by atoms with Gasteiger partial charge in [-0.3, -0.25) is 4.98 Å². The summed E-state index contributed by atoms with van der Waals surface area (Å²) in [4.78, 5) is 6.79. The van der Waals surface area contributed by atoms with Crippen LogP contribution in [-0.2, 0) is 13.0 Å². The minimum absolute atomic E-state index is 0.969. The van der Waals surface area contributed by atoms with Gasteiger partial charge in [-0.25, -0.2) is 0 Å². The maximum Gasteiger partial charge on any atom is 0.0447 e. The van der Waals surface area contributed by atoms with Crippen molar-refractivity contribution in [2.24, 2.45) is 0 Å². The van der Waals surface area contributed by atoms with Crippen LogP contribution in [0, 0.1) is 6.92 Å². The molecule has 0 radical (unpaired) electrons. The fourth-order valence-corrected chi connectivity index (χ4v) is 2.46. The summed E-state index contributed by atoms with van der Waals surface area (Å²) in [6.45, 7) is 4.17. The summed E-state index contributed by atoms with van der Waals surface area (Å²) in [7, 11) is 0. The summed E-state index contributed by atoms with van der Waals surface area (Å²) in [6.07, 6.45) is 3.02. The van der Waals surface area contributed by atoms with Crippen LogP contribution in [0.2, 0.25) is 0 Å². The molecule has 0 amide bonds. The minimum Gasteiger partial charge on any atom is -0.367 e. The van der Waals surface area contributed by atoms with E-state index in [-0.39, 0.29) is 0 Å². The molecule has 0 N–H and O–H groups in total. The third-order valence-electron chi connectivity index (χ3n) is 3.46. The summed E-state index contributed by atoms with van der Waals surface area (Å²) in [6, 6.07) is 12.9. The number of fused-ring (bicyclic) bond motifs is 1. The fraction of sp³-hybridized carbons (Fsp3) is 0.267. The van der Waals surface area contributed by atoms with Crippen LogP contribution in [0.1, 0.15) is 16.8 Å². The van der Waals surface area contributed by atoms with E-state index in [1.807, 2.05) is 12.3 Å². The van der Waals surface area contributed by atoms with E-state index in [1.165, 1.54) is 16.8 Å². The number of rotatable bonds is 2. The molecule has 1 aromatic carbocycles. The van der Waals surface area contributed by atoms with E-state index in [1.54, 1.807) is 0 Å². The molecule has 2 nitrogen and oxygen atoms in total. The lowest BCUT2D eigenvalue weighted by Crippen LogP contribution is -2.20. The largest absolute Gasteiger partial charge is 0.367 e. The Morgan fingerprint density at radius 3 is 2.94 bits per heavy atom. The number of hydrogen-bond donors (Lipinski definition) is 0. The first kappa shape index (κ1) is 10.3. The smallest absolute Gasteiger partial charge is 0.0447 e. The van der Waals surface area contributed by atoms with E-state index in [9.17, 15) is 0 Å². The molecule has 1 aromatic heterocycles. The Balaban J connectivity index is 1.87. The van der Waals surface area contributed by atoms with Gasteiger partial charge in [-0.15, -0.1) is 0 Å². The highest BCUT2D eigenvalue weighted by Crippen LogP contribution is 2.28. The molecule has 17 heavy (non-hydrogen) atoms. The molecule has 0 atom stereocenters. The van der Waals surface area contributed by atoms with Crippen LogP contribution >= 0.6 is 0 Å². The maximum atomic E-state index is 4.35. The highest BCUT2D eigenvalue weighted by molar-refractivity contribution is 5.58. The van der Waals surface area contributed by atoms with Gasteiger partial charge in [-0.1, -0.05) is 24.3 Å². The van der Waals surface area contributed by atoms with Gasteiger partial charge in [0.25, 0.3) is 0 Å². The second kappa shape index (κ2) is 4.21. The second-order valence-corrected chi connectivity index (χ2v) is 4.55. The van der Waals surface area contributed by atoms with E-state index >= 15 is 0 Å². The molecule has 3 rings (SSSR count). The van der Waals surface area contributed by atoms with Crippen molar-refractivity contribution in [2.45, 2.75) is 19.9 Å². The van der Waals surface area contributed by atoms with E-state index in [0.29, 0.717) is 0 Å². The van der Waals surface area contributed by atoms with Gasteiger partial charge >= 0.3 is 0 Å². The van der Waals surface area contributed by atoms with Crippen molar-refractivity contribution in [1.29, 1.82) is 0 Å². The van der Waals surface area contributed by atoms with Crippen molar-refractivity contribution in [1.82, 2.24) is 4.98 Å². The Hall–Kier alpha value is -1.83. The zero-order valence-electron chi connectivity index (χ0n) is 10.1. The Kier molecular flexibility index (Phi) is 2.56.